The van der Waals surface area contributed by atoms with Crippen LogP contribution in [0.5, 0.6) is 0 Å². The van der Waals surface area contributed by atoms with E-state index in [1.54, 1.807) is 27.8 Å². The number of para-hydroxylation sites is 1. The molecule has 5 nitrogen and oxygen atoms in total. The summed E-state index contributed by atoms with van der Waals surface area (Å²) in [4.78, 5) is 25.3. The fourth-order valence-electron chi connectivity index (χ4n) is 3.58. The molecule has 1 aromatic heterocycles. The highest BCUT2D eigenvalue weighted by Gasteiger charge is 2.34. The second-order valence-electron chi connectivity index (χ2n) is 6.81. The lowest BCUT2D eigenvalue weighted by atomic mass is 10.0. The number of pyridine rings is 1. The van der Waals surface area contributed by atoms with Gasteiger partial charge in [-0.25, -0.2) is 14.7 Å². The van der Waals surface area contributed by atoms with Gasteiger partial charge in [-0.1, -0.05) is 23.9 Å². The van der Waals surface area contributed by atoms with E-state index in [0.717, 1.165) is 47.2 Å². The number of anilines is 2. The highest BCUT2D eigenvalue weighted by molar-refractivity contribution is 7.99. The highest BCUT2D eigenvalue weighted by Crippen LogP contribution is 2.47. The first-order valence-corrected chi connectivity index (χ1v) is 9.57. The number of halogens is 1. The predicted molar refractivity (Wildman–Crippen MR) is 99.7 cm³/mol. The molecule has 0 aliphatic carbocycles. The minimum absolute atomic E-state index is 0. The maximum atomic E-state index is 13.4. The van der Waals surface area contributed by atoms with Crippen molar-refractivity contribution < 1.29 is 22.1 Å². The first-order chi connectivity index (χ1) is 12.1. The van der Waals surface area contributed by atoms with Crippen LogP contribution in [0.4, 0.5) is 16.3 Å². The number of carbonyl (C=O) groups excluding carboxylic acids is 1. The Balaban J connectivity index is 0.00000196. The van der Waals surface area contributed by atoms with Crippen molar-refractivity contribution in [1.82, 2.24) is 9.88 Å². The molecule has 0 unspecified atom stereocenters. The van der Waals surface area contributed by atoms with Gasteiger partial charge >= 0.3 is 6.03 Å². The molecule has 0 spiro atoms. The molecular formula is C19H23ClN4OS. The Hall–Kier alpha value is -1.76. The fourth-order valence-corrected chi connectivity index (χ4v) is 4.61. The van der Waals surface area contributed by atoms with Crippen LogP contribution in [0, 0.1) is 0 Å². The number of urea groups is 1. The van der Waals surface area contributed by atoms with Crippen molar-refractivity contribution in [1.29, 1.82) is 0 Å². The number of amides is 2. The molecule has 26 heavy (non-hydrogen) atoms. The molecule has 1 saturated heterocycles. The lowest BCUT2D eigenvalue weighted by Gasteiger charge is -2.38. The normalized spacial score (nSPS) is 21.2. The number of nitrogens with zero attached hydrogens (tertiary/aromatic N) is 3. The van der Waals surface area contributed by atoms with Gasteiger partial charge in [-0.3, -0.25) is 0 Å². The Morgan fingerprint density at radius 2 is 1.88 bits per heavy atom. The number of nitrogens with one attached hydrogen (secondary N) is 1. The average molecular weight is 391 g/mol. The van der Waals surface area contributed by atoms with Gasteiger partial charge < -0.3 is 22.2 Å². The van der Waals surface area contributed by atoms with Gasteiger partial charge in [-0.05, 0) is 24.3 Å². The summed E-state index contributed by atoms with van der Waals surface area (Å²) in [5.74, 6) is 0.738. The van der Waals surface area contributed by atoms with E-state index in [2.05, 4.69) is 18.1 Å². The molecule has 1 fully saturated rings. The standard InChI is InChI=1S/C19H22N4OS.ClH/c1-21-12-9-14(10-13-21)22(2)19(24)23-15-6-3-4-7-16(15)25-17-8-5-11-20-18(17)23;/h3-8,11,14H,9-10,12-13H2,1-2H3;1H. The zero-order valence-corrected chi connectivity index (χ0v) is 16.6. The van der Waals surface area contributed by atoms with Gasteiger partial charge in [0.05, 0.1) is 30.7 Å². The van der Waals surface area contributed by atoms with E-state index < -0.39 is 0 Å². The number of piperidine rings is 1. The molecule has 138 valence electrons. The fraction of sp³-hybridized carbons (Fsp3) is 0.368. The minimum Gasteiger partial charge on any atom is -1.00 e. The van der Waals surface area contributed by atoms with Gasteiger partial charge in [0.25, 0.3) is 0 Å². The van der Waals surface area contributed by atoms with Gasteiger partial charge in [0.15, 0.2) is 5.82 Å². The van der Waals surface area contributed by atoms with Gasteiger partial charge in [-0.15, -0.1) is 0 Å². The third-order valence-electron chi connectivity index (χ3n) is 5.14. The highest BCUT2D eigenvalue weighted by atomic mass is 35.5. The van der Waals surface area contributed by atoms with E-state index >= 15 is 0 Å². The van der Waals surface area contributed by atoms with Crippen molar-refractivity contribution in [2.24, 2.45) is 0 Å². The van der Waals surface area contributed by atoms with Crippen LogP contribution in [-0.4, -0.2) is 49.1 Å². The van der Waals surface area contributed by atoms with Crippen molar-refractivity contribution in [2.75, 3.05) is 32.1 Å². The van der Waals surface area contributed by atoms with Crippen LogP contribution in [0.25, 0.3) is 0 Å². The molecule has 2 aliphatic heterocycles. The number of likely N-dealkylation sites (tertiary alicyclic amines) is 1. The van der Waals surface area contributed by atoms with E-state index in [-0.39, 0.29) is 18.4 Å². The number of hydrogen-bond donors (Lipinski definition) is 1. The van der Waals surface area contributed by atoms with Crippen LogP contribution in [-0.2, 0) is 0 Å². The monoisotopic (exact) mass is 390 g/mol. The first kappa shape index (κ1) is 19.0. The van der Waals surface area contributed by atoms with E-state index in [1.807, 2.05) is 42.3 Å². The van der Waals surface area contributed by atoms with Crippen molar-refractivity contribution in [3.63, 3.8) is 0 Å². The molecule has 2 amide bonds. The van der Waals surface area contributed by atoms with E-state index in [1.165, 1.54) is 0 Å². The summed E-state index contributed by atoms with van der Waals surface area (Å²) in [5, 5.41) is 0. The molecule has 1 aromatic carbocycles. The van der Waals surface area contributed by atoms with Crippen LogP contribution >= 0.6 is 11.8 Å². The summed E-state index contributed by atoms with van der Waals surface area (Å²) in [6.45, 7) is 2.23. The molecule has 1 N–H and O–H groups in total. The van der Waals surface area contributed by atoms with Crippen molar-refractivity contribution in [2.45, 2.75) is 28.7 Å². The van der Waals surface area contributed by atoms with Crippen molar-refractivity contribution in [3.05, 3.63) is 42.6 Å². The maximum absolute atomic E-state index is 13.4. The second kappa shape index (κ2) is 7.86. The zero-order chi connectivity index (χ0) is 17.4. The number of hydrogen-bond acceptors (Lipinski definition) is 3. The Morgan fingerprint density at radius 3 is 2.65 bits per heavy atom. The molecule has 2 aromatic rings. The van der Waals surface area contributed by atoms with Gasteiger partial charge in [0, 0.05) is 37.0 Å². The number of benzene rings is 1. The Labute approximate surface area is 164 Å². The summed E-state index contributed by atoms with van der Waals surface area (Å²) in [7, 11) is 4.15. The second-order valence-corrected chi connectivity index (χ2v) is 7.90. The zero-order valence-electron chi connectivity index (χ0n) is 15.0. The summed E-state index contributed by atoms with van der Waals surface area (Å²) in [6.07, 6.45) is 3.85. The molecule has 3 heterocycles. The molecule has 0 radical (unpaired) electrons. The lowest BCUT2D eigenvalue weighted by molar-refractivity contribution is -0.885. The number of quaternary nitrogens is 1. The SMILES string of the molecule is CN(C(=O)N1c2ccccc2Sc2cccnc21)C1CC[NH+](C)CC1.[Cl-]. The smallest absolute Gasteiger partial charge is 0.330 e. The van der Waals surface area contributed by atoms with Gasteiger partial charge in [0.2, 0.25) is 0 Å². The summed E-state index contributed by atoms with van der Waals surface area (Å²) >= 11 is 1.67. The summed E-state index contributed by atoms with van der Waals surface area (Å²) in [5.41, 5.74) is 0.925. The molecule has 0 saturated carbocycles. The number of aromatic nitrogens is 1. The number of carbonyl (C=O) groups is 1. The molecule has 0 atom stereocenters. The third kappa shape index (κ3) is 3.41. The Bertz CT molecular complexity index is 749. The summed E-state index contributed by atoms with van der Waals surface area (Å²) in [6, 6.07) is 12.3. The minimum atomic E-state index is 0. The average Bonchev–Trinajstić information content (AvgIpc) is 2.65. The van der Waals surface area contributed by atoms with Crippen LogP contribution in [0.2, 0.25) is 0 Å². The quantitative estimate of drug-likeness (QED) is 0.708. The maximum Gasteiger partial charge on any atom is 0.330 e. The topological polar surface area (TPSA) is 40.9 Å². The summed E-state index contributed by atoms with van der Waals surface area (Å²) < 4.78 is 0. The predicted octanol–water partition coefficient (Wildman–Crippen LogP) is -0.583. The molecule has 0 bridgehead atoms. The van der Waals surface area contributed by atoms with E-state index in [9.17, 15) is 4.79 Å². The largest absolute Gasteiger partial charge is 1.00 e. The Morgan fingerprint density at radius 1 is 1.19 bits per heavy atom. The van der Waals surface area contributed by atoms with Crippen molar-refractivity contribution >= 4 is 29.3 Å². The Kier molecular flexibility index (Phi) is 5.75. The van der Waals surface area contributed by atoms with Gasteiger partial charge in [0.1, 0.15) is 0 Å². The number of fused-ring (bicyclic) bond motifs is 2. The lowest BCUT2D eigenvalue weighted by Crippen LogP contribution is -3.10. The van der Waals surface area contributed by atoms with Crippen LogP contribution in [0.3, 0.4) is 0 Å². The van der Waals surface area contributed by atoms with E-state index in [4.69, 9.17) is 0 Å². The first-order valence-electron chi connectivity index (χ1n) is 8.75. The number of rotatable bonds is 1. The van der Waals surface area contributed by atoms with Crippen LogP contribution < -0.4 is 22.2 Å². The van der Waals surface area contributed by atoms with Gasteiger partial charge in [-0.2, -0.15) is 0 Å². The van der Waals surface area contributed by atoms with Crippen LogP contribution in [0.1, 0.15) is 12.8 Å². The molecule has 7 heteroatoms. The molecule has 2 aliphatic rings. The third-order valence-corrected chi connectivity index (χ3v) is 6.24. The molecular weight excluding hydrogens is 368 g/mol. The van der Waals surface area contributed by atoms with Crippen molar-refractivity contribution in [3.8, 4) is 0 Å². The van der Waals surface area contributed by atoms with Crippen LogP contribution in [0.15, 0.2) is 52.4 Å². The van der Waals surface area contributed by atoms with E-state index in [0.29, 0.717) is 6.04 Å². The molecule has 4 rings (SSSR count).